The van der Waals surface area contributed by atoms with Crippen LogP contribution >= 0.6 is 11.3 Å². The molecule has 3 rings (SSSR count). The molecule has 136 valence electrons. The predicted octanol–water partition coefficient (Wildman–Crippen LogP) is 5.72. The van der Waals surface area contributed by atoms with Crippen LogP contribution in [0.4, 0.5) is 18.3 Å². The third-order valence-corrected chi connectivity index (χ3v) is 5.64. The summed E-state index contributed by atoms with van der Waals surface area (Å²) in [5, 5.41) is 3.16. The minimum absolute atomic E-state index is 0.0866. The summed E-state index contributed by atoms with van der Waals surface area (Å²) in [6, 6.07) is 3.43. The Bertz CT molecular complexity index is 797. The van der Waals surface area contributed by atoms with Crippen LogP contribution in [0.5, 0.6) is 0 Å². The number of amides is 1. The Balaban J connectivity index is 1.77. The van der Waals surface area contributed by atoms with Crippen molar-refractivity contribution in [3.63, 3.8) is 0 Å². The van der Waals surface area contributed by atoms with Crippen LogP contribution in [0.25, 0.3) is 10.2 Å². The van der Waals surface area contributed by atoms with Crippen molar-refractivity contribution in [2.24, 2.45) is 17.3 Å². The minimum atomic E-state index is -4.38. The number of alkyl halides is 3. The Labute approximate surface area is 148 Å². The fraction of sp³-hybridized carbons (Fsp3) is 0.556. The largest absolute Gasteiger partial charge is 0.416 e. The molecule has 1 amide bonds. The molecule has 0 bridgehead atoms. The van der Waals surface area contributed by atoms with Gasteiger partial charge < -0.3 is 5.32 Å². The lowest BCUT2D eigenvalue weighted by atomic mass is 9.68. The van der Waals surface area contributed by atoms with Crippen LogP contribution in [-0.4, -0.2) is 10.9 Å². The van der Waals surface area contributed by atoms with Crippen molar-refractivity contribution in [2.75, 3.05) is 5.32 Å². The van der Waals surface area contributed by atoms with E-state index in [0.717, 1.165) is 42.7 Å². The van der Waals surface area contributed by atoms with E-state index in [1.165, 1.54) is 6.07 Å². The highest BCUT2D eigenvalue weighted by Gasteiger charge is 2.36. The van der Waals surface area contributed by atoms with Gasteiger partial charge in [0.15, 0.2) is 5.13 Å². The number of hydrogen-bond acceptors (Lipinski definition) is 3. The first kappa shape index (κ1) is 18.2. The second-order valence-corrected chi connectivity index (χ2v) is 8.83. The summed E-state index contributed by atoms with van der Waals surface area (Å²) < 4.78 is 38.8. The molecule has 1 N–H and O–H groups in total. The zero-order valence-electron chi connectivity index (χ0n) is 14.4. The predicted molar refractivity (Wildman–Crippen MR) is 93.5 cm³/mol. The normalized spacial score (nSPS) is 23.6. The highest BCUT2D eigenvalue weighted by molar-refractivity contribution is 7.22. The maximum Gasteiger partial charge on any atom is 0.416 e. The number of rotatable bonds is 2. The van der Waals surface area contributed by atoms with E-state index >= 15 is 0 Å². The van der Waals surface area contributed by atoms with Crippen LogP contribution in [0.3, 0.4) is 0 Å². The van der Waals surface area contributed by atoms with Gasteiger partial charge in [0.1, 0.15) is 0 Å². The molecule has 1 aliphatic rings. The molecule has 1 saturated carbocycles. The van der Waals surface area contributed by atoms with Gasteiger partial charge in [-0.15, -0.1) is 0 Å². The fourth-order valence-electron chi connectivity index (χ4n) is 3.91. The standard InChI is InChI=1S/C18H21F3N2OS/c1-10-6-11(9-17(2,3)8-10)15(24)23-16-22-13-5-4-12(18(19,20)21)7-14(13)25-16/h4-5,7,10-11H,6,8-9H2,1-3H3,(H,22,23,24). The van der Waals surface area contributed by atoms with Crippen LogP contribution in [0, 0.1) is 17.3 Å². The van der Waals surface area contributed by atoms with E-state index in [-0.39, 0.29) is 17.2 Å². The highest BCUT2D eigenvalue weighted by atomic mass is 32.1. The van der Waals surface area contributed by atoms with Crippen LogP contribution in [0.15, 0.2) is 18.2 Å². The van der Waals surface area contributed by atoms with Crippen molar-refractivity contribution >= 4 is 32.6 Å². The fourth-order valence-corrected chi connectivity index (χ4v) is 4.82. The average Bonchev–Trinajstić information content (AvgIpc) is 2.85. The van der Waals surface area contributed by atoms with Crippen LogP contribution in [0.1, 0.15) is 45.6 Å². The molecule has 0 saturated heterocycles. The smallest absolute Gasteiger partial charge is 0.302 e. The molecule has 1 aliphatic carbocycles. The molecule has 1 fully saturated rings. The molecule has 0 aliphatic heterocycles. The summed E-state index contributed by atoms with van der Waals surface area (Å²) in [6.45, 7) is 6.48. The number of carbonyl (C=O) groups is 1. The van der Waals surface area contributed by atoms with Gasteiger partial charge >= 0.3 is 6.18 Å². The van der Waals surface area contributed by atoms with Crippen molar-refractivity contribution in [1.82, 2.24) is 4.98 Å². The average molecular weight is 370 g/mol. The molecular formula is C18H21F3N2OS. The molecule has 2 unspecified atom stereocenters. The first-order valence-corrected chi connectivity index (χ1v) is 9.14. The number of aromatic nitrogens is 1. The molecule has 0 spiro atoms. The van der Waals surface area contributed by atoms with Gasteiger partial charge in [-0.2, -0.15) is 13.2 Å². The maximum atomic E-state index is 12.8. The Hall–Kier alpha value is -1.63. The summed E-state index contributed by atoms with van der Waals surface area (Å²) in [5.74, 6) is 0.301. The van der Waals surface area contributed by atoms with Crippen LogP contribution < -0.4 is 5.32 Å². The Morgan fingerprint density at radius 1 is 1.32 bits per heavy atom. The number of hydrogen-bond donors (Lipinski definition) is 1. The number of nitrogens with one attached hydrogen (secondary N) is 1. The maximum absolute atomic E-state index is 12.8. The summed E-state index contributed by atoms with van der Waals surface area (Å²) in [7, 11) is 0. The summed E-state index contributed by atoms with van der Waals surface area (Å²) in [4.78, 5) is 16.8. The lowest BCUT2D eigenvalue weighted by Gasteiger charge is -2.38. The van der Waals surface area contributed by atoms with E-state index in [4.69, 9.17) is 0 Å². The topological polar surface area (TPSA) is 42.0 Å². The summed E-state index contributed by atoms with van der Waals surface area (Å²) in [6.07, 6.45) is -1.64. The monoisotopic (exact) mass is 370 g/mol. The molecule has 25 heavy (non-hydrogen) atoms. The third kappa shape index (κ3) is 4.14. The summed E-state index contributed by atoms with van der Waals surface area (Å²) >= 11 is 1.08. The van der Waals surface area contributed by atoms with Crippen molar-refractivity contribution in [2.45, 2.75) is 46.2 Å². The molecule has 3 nitrogen and oxygen atoms in total. The van der Waals surface area contributed by atoms with Crippen molar-refractivity contribution < 1.29 is 18.0 Å². The molecule has 1 aromatic carbocycles. The summed E-state index contributed by atoms with van der Waals surface area (Å²) in [5.41, 5.74) is -0.121. The van der Waals surface area contributed by atoms with Gasteiger partial charge in [0.2, 0.25) is 5.91 Å². The Morgan fingerprint density at radius 3 is 2.68 bits per heavy atom. The third-order valence-electron chi connectivity index (χ3n) is 4.70. The van der Waals surface area contributed by atoms with E-state index in [9.17, 15) is 18.0 Å². The molecular weight excluding hydrogens is 349 g/mol. The second-order valence-electron chi connectivity index (χ2n) is 7.80. The molecule has 2 atom stereocenters. The first-order chi connectivity index (χ1) is 11.5. The Morgan fingerprint density at radius 2 is 2.04 bits per heavy atom. The first-order valence-electron chi connectivity index (χ1n) is 8.32. The van der Waals surface area contributed by atoms with Gasteiger partial charge in [-0.3, -0.25) is 4.79 Å². The van der Waals surface area contributed by atoms with E-state index in [0.29, 0.717) is 21.3 Å². The van der Waals surface area contributed by atoms with Crippen molar-refractivity contribution in [3.8, 4) is 0 Å². The zero-order chi connectivity index (χ0) is 18.4. The quantitative estimate of drug-likeness (QED) is 0.735. The van der Waals surface area contributed by atoms with Crippen LogP contribution in [-0.2, 0) is 11.0 Å². The minimum Gasteiger partial charge on any atom is -0.302 e. The van der Waals surface area contributed by atoms with Crippen molar-refractivity contribution in [3.05, 3.63) is 23.8 Å². The van der Waals surface area contributed by atoms with Crippen LogP contribution in [0.2, 0.25) is 0 Å². The molecule has 7 heteroatoms. The van der Waals surface area contributed by atoms with Gasteiger partial charge in [-0.25, -0.2) is 4.98 Å². The lowest BCUT2D eigenvalue weighted by molar-refractivity contribution is -0.137. The molecule has 0 radical (unpaired) electrons. The number of benzene rings is 1. The molecule has 1 heterocycles. The SMILES string of the molecule is CC1CC(C(=O)Nc2nc3ccc(C(F)(F)F)cc3s2)CC(C)(C)C1. The number of thiazole rings is 1. The number of nitrogens with zero attached hydrogens (tertiary/aromatic N) is 1. The van der Waals surface area contributed by atoms with Crippen molar-refractivity contribution in [1.29, 1.82) is 0 Å². The van der Waals surface area contributed by atoms with Gasteiger partial charge in [0.25, 0.3) is 0 Å². The number of halogens is 3. The van der Waals surface area contributed by atoms with Gasteiger partial charge in [-0.05, 0) is 48.8 Å². The van der Waals surface area contributed by atoms with Gasteiger partial charge in [-0.1, -0.05) is 32.1 Å². The van der Waals surface area contributed by atoms with E-state index in [1.54, 1.807) is 0 Å². The second kappa shape index (κ2) is 6.27. The Kier molecular flexibility index (Phi) is 4.56. The number of fused-ring (bicyclic) bond motifs is 1. The van der Waals surface area contributed by atoms with E-state index < -0.39 is 11.7 Å². The number of carbonyl (C=O) groups excluding carboxylic acids is 1. The number of anilines is 1. The van der Waals surface area contributed by atoms with Gasteiger partial charge in [0, 0.05) is 5.92 Å². The van der Waals surface area contributed by atoms with E-state index in [2.05, 4.69) is 31.1 Å². The lowest BCUT2D eigenvalue weighted by Crippen LogP contribution is -2.34. The highest BCUT2D eigenvalue weighted by Crippen LogP contribution is 2.42. The van der Waals surface area contributed by atoms with E-state index in [1.807, 2.05) is 0 Å². The van der Waals surface area contributed by atoms with Gasteiger partial charge in [0.05, 0.1) is 15.8 Å². The molecule has 1 aromatic heterocycles. The zero-order valence-corrected chi connectivity index (χ0v) is 15.2. The molecule has 2 aromatic rings.